The topological polar surface area (TPSA) is 51.2 Å². The third kappa shape index (κ3) is 3.85. The molecular weight excluding hydrogens is 324 g/mol. The quantitative estimate of drug-likeness (QED) is 0.700. The van der Waals surface area contributed by atoms with Crippen LogP contribution in [-0.4, -0.2) is 17.0 Å². The van der Waals surface area contributed by atoms with E-state index in [1.807, 2.05) is 43.3 Å². The van der Waals surface area contributed by atoms with Gasteiger partial charge in [-0.3, -0.25) is 9.78 Å². The van der Waals surface area contributed by atoms with Crippen LogP contribution >= 0.6 is 0 Å². The number of aryl methyl sites for hydroxylation is 1. The second-order valence-corrected chi connectivity index (χ2v) is 6.83. The van der Waals surface area contributed by atoms with Gasteiger partial charge in [0, 0.05) is 11.6 Å². The molecular formula is C22H24N2O2. The van der Waals surface area contributed by atoms with Gasteiger partial charge in [0.25, 0.3) is 5.91 Å². The standard InChI is InChI=1S/C22H24N2O2/c1-14(2)18-11-10-15(3)13-20(18)26-16(4)22(25)24-19-9-5-7-17-8-6-12-23-21(17)19/h5-14,16H,1-4H3,(H,24,25). The Hall–Kier alpha value is -2.88. The van der Waals surface area contributed by atoms with E-state index in [0.717, 1.165) is 27.8 Å². The fourth-order valence-electron chi connectivity index (χ4n) is 2.90. The Morgan fingerprint density at radius 2 is 1.85 bits per heavy atom. The molecule has 0 saturated heterocycles. The van der Waals surface area contributed by atoms with Crippen LogP contribution in [-0.2, 0) is 4.79 Å². The van der Waals surface area contributed by atoms with Crippen LogP contribution in [0.15, 0.2) is 54.7 Å². The molecule has 26 heavy (non-hydrogen) atoms. The summed E-state index contributed by atoms with van der Waals surface area (Å²) in [5.41, 5.74) is 3.67. The summed E-state index contributed by atoms with van der Waals surface area (Å²) >= 11 is 0. The summed E-state index contributed by atoms with van der Waals surface area (Å²) in [6.07, 6.45) is 1.10. The normalized spacial score (nSPS) is 12.2. The number of benzene rings is 2. The number of pyridine rings is 1. The van der Waals surface area contributed by atoms with Crippen LogP contribution in [0.1, 0.15) is 37.8 Å². The molecule has 3 rings (SSSR count). The van der Waals surface area contributed by atoms with E-state index >= 15 is 0 Å². The second-order valence-electron chi connectivity index (χ2n) is 6.83. The summed E-state index contributed by atoms with van der Waals surface area (Å²) in [5, 5.41) is 3.93. The van der Waals surface area contributed by atoms with Crippen molar-refractivity contribution in [2.24, 2.45) is 0 Å². The third-order valence-corrected chi connectivity index (χ3v) is 4.35. The lowest BCUT2D eigenvalue weighted by atomic mass is 10.0. The number of nitrogens with zero attached hydrogens (tertiary/aromatic N) is 1. The van der Waals surface area contributed by atoms with E-state index in [1.165, 1.54) is 0 Å². The van der Waals surface area contributed by atoms with Crippen molar-refractivity contribution in [3.8, 4) is 5.75 Å². The number of ether oxygens (including phenoxy) is 1. The maximum Gasteiger partial charge on any atom is 0.265 e. The molecule has 0 radical (unpaired) electrons. The number of nitrogens with one attached hydrogen (secondary N) is 1. The van der Waals surface area contributed by atoms with Crippen molar-refractivity contribution in [1.29, 1.82) is 0 Å². The number of aromatic nitrogens is 1. The van der Waals surface area contributed by atoms with Crippen LogP contribution < -0.4 is 10.1 Å². The highest BCUT2D eigenvalue weighted by molar-refractivity contribution is 6.01. The fourth-order valence-corrected chi connectivity index (χ4v) is 2.90. The van der Waals surface area contributed by atoms with Gasteiger partial charge in [0.15, 0.2) is 6.10 Å². The Morgan fingerprint density at radius 1 is 1.08 bits per heavy atom. The molecule has 1 atom stereocenters. The van der Waals surface area contributed by atoms with Crippen LogP contribution in [0, 0.1) is 6.92 Å². The van der Waals surface area contributed by atoms with E-state index in [9.17, 15) is 4.79 Å². The highest BCUT2D eigenvalue weighted by atomic mass is 16.5. The zero-order valence-electron chi connectivity index (χ0n) is 15.6. The van der Waals surface area contributed by atoms with Crippen molar-refractivity contribution >= 4 is 22.5 Å². The molecule has 0 bridgehead atoms. The molecule has 0 spiro atoms. The number of rotatable bonds is 5. The van der Waals surface area contributed by atoms with Gasteiger partial charge in [0.2, 0.25) is 0 Å². The second kappa shape index (κ2) is 7.56. The predicted molar refractivity (Wildman–Crippen MR) is 106 cm³/mol. The van der Waals surface area contributed by atoms with E-state index in [-0.39, 0.29) is 5.91 Å². The molecule has 1 amide bonds. The maximum absolute atomic E-state index is 12.7. The summed E-state index contributed by atoms with van der Waals surface area (Å²) in [5.74, 6) is 0.890. The van der Waals surface area contributed by atoms with Gasteiger partial charge >= 0.3 is 0 Å². The smallest absolute Gasteiger partial charge is 0.265 e. The first kappa shape index (κ1) is 17.9. The minimum Gasteiger partial charge on any atom is -0.481 e. The number of fused-ring (bicyclic) bond motifs is 1. The maximum atomic E-state index is 12.7. The number of para-hydroxylation sites is 1. The lowest BCUT2D eigenvalue weighted by Crippen LogP contribution is -2.30. The Kier molecular flexibility index (Phi) is 5.21. The number of hydrogen-bond acceptors (Lipinski definition) is 3. The molecule has 0 fully saturated rings. The molecule has 134 valence electrons. The monoisotopic (exact) mass is 348 g/mol. The van der Waals surface area contributed by atoms with Crippen molar-refractivity contribution in [3.63, 3.8) is 0 Å². The van der Waals surface area contributed by atoms with Crippen LogP contribution in [0.5, 0.6) is 5.75 Å². The molecule has 0 aliphatic carbocycles. The van der Waals surface area contributed by atoms with Gasteiger partial charge in [0.1, 0.15) is 5.75 Å². The number of carbonyl (C=O) groups excluding carboxylic acids is 1. The first-order valence-corrected chi connectivity index (χ1v) is 8.87. The van der Waals surface area contributed by atoms with Crippen LogP contribution in [0.3, 0.4) is 0 Å². The first-order valence-electron chi connectivity index (χ1n) is 8.87. The summed E-state index contributed by atoms with van der Waals surface area (Å²) in [6.45, 7) is 8.01. The summed E-state index contributed by atoms with van der Waals surface area (Å²) < 4.78 is 6.00. The van der Waals surface area contributed by atoms with Crippen LogP contribution in [0.2, 0.25) is 0 Å². The minimum atomic E-state index is -0.617. The van der Waals surface area contributed by atoms with Crippen LogP contribution in [0.4, 0.5) is 5.69 Å². The van der Waals surface area contributed by atoms with Gasteiger partial charge in [-0.05, 0) is 49.1 Å². The van der Waals surface area contributed by atoms with E-state index in [2.05, 4.69) is 36.3 Å². The molecule has 4 nitrogen and oxygen atoms in total. The molecule has 1 aromatic heterocycles. The molecule has 3 aromatic rings. The number of carbonyl (C=O) groups is 1. The van der Waals surface area contributed by atoms with Gasteiger partial charge in [-0.2, -0.15) is 0 Å². The van der Waals surface area contributed by atoms with E-state index in [0.29, 0.717) is 11.6 Å². The van der Waals surface area contributed by atoms with Crippen molar-refractivity contribution in [3.05, 3.63) is 65.9 Å². The van der Waals surface area contributed by atoms with E-state index in [1.54, 1.807) is 13.1 Å². The van der Waals surface area contributed by atoms with Gasteiger partial charge in [-0.15, -0.1) is 0 Å². The molecule has 0 aliphatic rings. The molecule has 2 aromatic carbocycles. The lowest BCUT2D eigenvalue weighted by Gasteiger charge is -2.19. The first-order chi connectivity index (χ1) is 12.5. The van der Waals surface area contributed by atoms with Gasteiger partial charge in [0.05, 0.1) is 11.2 Å². The molecule has 1 unspecified atom stereocenters. The Bertz CT molecular complexity index is 929. The number of anilines is 1. The lowest BCUT2D eigenvalue weighted by molar-refractivity contribution is -0.122. The van der Waals surface area contributed by atoms with Crippen molar-refractivity contribution in [2.45, 2.75) is 39.7 Å². The van der Waals surface area contributed by atoms with E-state index < -0.39 is 6.10 Å². The number of amides is 1. The summed E-state index contributed by atoms with van der Waals surface area (Å²) in [4.78, 5) is 17.0. The molecule has 0 saturated carbocycles. The average Bonchev–Trinajstić information content (AvgIpc) is 2.61. The van der Waals surface area contributed by atoms with Crippen molar-refractivity contribution in [1.82, 2.24) is 4.98 Å². The van der Waals surface area contributed by atoms with Gasteiger partial charge in [-0.1, -0.05) is 44.2 Å². The Labute approximate surface area is 154 Å². The van der Waals surface area contributed by atoms with Gasteiger partial charge in [-0.25, -0.2) is 0 Å². The predicted octanol–water partition coefficient (Wildman–Crippen LogP) is 5.07. The minimum absolute atomic E-state index is 0.195. The average molecular weight is 348 g/mol. The zero-order chi connectivity index (χ0) is 18.7. The molecule has 0 aliphatic heterocycles. The largest absolute Gasteiger partial charge is 0.481 e. The Morgan fingerprint density at radius 3 is 2.62 bits per heavy atom. The van der Waals surface area contributed by atoms with E-state index in [4.69, 9.17) is 4.74 Å². The van der Waals surface area contributed by atoms with Crippen molar-refractivity contribution in [2.75, 3.05) is 5.32 Å². The highest BCUT2D eigenvalue weighted by Crippen LogP contribution is 2.28. The zero-order valence-corrected chi connectivity index (χ0v) is 15.6. The highest BCUT2D eigenvalue weighted by Gasteiger charge is 2.18. The molecule has 4 heteroatoms. The summed E-state index contributed by atoms with van der Waals surface area (Å²) in [7, 11) is 0. The van der Waals surface area contributed by atoms with Gasteiger partial charge < -0.3 is 10.1 Å². The molecule has 1 heterocycles. The SMILES string of the molecule is Cc1ccc(C(C)C)c(OC(C)C(=O)Nc2cccc3cccnc23)c1. The fraction of sp³-hybridized carbons (Fsp3) is 0.273. The third-order valence-electron chi connectivity index (χ3n) is 4.35. The van der Waals surface area contributed by atoms with Crippen LogP contribution in [0.25, 0.3) is 10.9 Å². The Balaban J connectivity index is 1.79. The number of hydrogen-bond donors (Lipinski definition) is 1. The molecule has 1 N–H and O–H groups in total. The summed E-state index contributed by atoms with van der Waals surface area (Å²) in [6, 6.07) is 15.7. The van der Waals surface area contributed by atoms with Crippen molar-refractivity contribution < 1.29 is 9.53 Å².